The summed E-state index contributed by atoms with van der Waals surface area (Å²) in [5.74, 6) is 1.06. The Morgan fingerprint density at radius 2 is 1.87 bits per heavy atom. The summed E-state index contributed by atoms with van der Waals surface area (Å²) < 4.78 is 5.54. The van der Waals surface area contributed by atoms with Crippen molar-refractivity contribution in [3.05, 3.63) is 53.6 Å². The number of hydrogen-bond donors (Lipinski definition) is 2. The van der Waals surface area contributed by atoms with Crippen LogP contribution in [-0.4, -0.2) is 29.5 Å². The Kier molecular flexibility index (Phi) is 6.77. The van der Waals surface area contributed by atoms with Crippen LogP contribution in [0.3, 0.4) is 0 Å². The summed E-state index contributed by atoms with van der Waals surface area (Å²) in [7, 11) is 0. The Balaban J connectivity index is 1.74. The zero-order valence-corrected chi connectivity index (χ0v) is 14.2. The van der Waals surface area contributed by atoms with Crippen LogP contribution in [0.1, 0.15) is 6.92 Å². The van der Waals surface area contributed by atoms with E-state index in [9.17, 15) is 9.90 Å². The molecule has 1 amide bonds. The molecule has 0 fully saturated rings. The van der Waals surface area contributed by atoms with E-state index in [0.29, 0.717) is 22.2 Å². The van der Waals surface area contributed by atoms with Gasteiger partial charge < -0.3 is 15.2 Å². The number of carbonyl (C=O) groups excluding carboxylic acids is 1. The highest BCUT2D eigenvalue weighted by Crippen LogP contribution is 2.21. The molecule has 4 nitrogen and oxygen atoms in total. The topological polar surface area (TPSA) is 58.6 Å². The molecule has 1 atom stereocenters. The Morgan fingerprint density at radius 1 is 1.22 bits per heavy atom. The number of aliphatic hydroxyl groups excluding tert-OH is 1. The summed E-state index contributed by atoms with van der Waals surface area (Å²) in [6.45, 7) is 1.67. The minimum absolute atomic E-state index is 0.117. The number of carbonyl (C=O) groups is 1. The lowest BCUT2D eigenvalue weighted by Gasteiger charge is -2.12. The van der Waals surface area contributed by atoms with E-state index < -0.39 is 6.10 Å². The fraction of sp³-hybridized carbons (Fsp3) is 0.235. The molecular formula is C17H18ClNO3S. The van der Waals surface area contributed by atoms with Crippen LogP contribution in [0.2, 0.25) is 5.02 Å². The lowest BCUT2D eigenvalue weighted by molar-refractivity contribution is -0.114. The van der Waals surface area contributed by atoms with Gasteiger partial charge in [-0.15, -0.1) is 11.8 Å². The monoisotopic (exact) mass is 351 g/mol. The van der Waals surface area contributed by atoms with Gasteiger partial charge in [-0.05, 0) is 48.5 Å². The molecule has 0 aliphatic carbocycles. The van der Waals surface area contributed by atoms with Crippen LogP contribution in [0.5, 0.6) is 5.75 Å². The molecule has 0 aliphatic rings. The summed E-state index contributed by atoms with van der Waals surface area (Å²) in [4.78, 5) is 12.0. The van der Waals surface area contributed by atoms with Gasteiger partial charge in [-0.3, -0.25) is 4.79 Å². The molecule has 122 valence electrons. The smallest absolute Gasteiger partial charge is 0.221 e. The first-order chi connectivity index (χ1) is 11.0. The summed E-state index contributed by atoms with van der Waals surface area (Å²) in [5, 5.41) is 13.3. The van der Waals surface area contributed by atoms with E-state index >= 15 is 0 Å². The van der Waals surface area contributed by atoms with Crippen molar-refractivity contribution in [1.82, 2.24) is 0 Å². The quantitative estimate of drug-likeness (QED) is 0.744. The van der Waals surface area contributed by atoms with Gasteiger partial charge >= 0.3 is 0 Å². The lowest BCUT2D eigenvalue weighted by atomic mass is 10.3. The van der Waals surface area contributed by atoms with Crippen LogP contribution in [0.15, 0.2) is 53.4 Å². The fourth-order valence-corrected chi connectivity index (χ4v) is 2.74. The molecule has 0 radical (unpaired) electrons. The number of anilines is 1. The van der Waals surface area contributed by atoms with Crippen molar-refractivity contribution in [2.24, 2.45) is 0 Å². The van der Waals surface area contributed by atoms with Gasteiger partial charge in [0.1, 0.15) is 12.4 Å². The molecule has 0 spiro atoms. The van der Waals surface area contributed by atoms with Crippen molar-refractivity contribution < 1.29 is 14.6 Å². The highest BCUT2D eigenvalue weighted by Gasteiger charge is 2.07. The Bertz CT molecular complexity index is 631. The zero-order valence-electron chi connectivity index (χ0n) is 12.7. The molecule has 6 heteroatoms. The van der Waals surface area contributed by atoms with E-state index in [1.165, 1.54) is 6.92 Å². The van der Waals surface area contributed by atoms with Crippen molar-refractivity contribution in [3.8, 4) is 5.75 Å². The highest BCUT2D eigenvalue weighted by molar-refractivity contribution is 7.99. The molecular weight excluding hydrogens is 334 g/mol. The number of benzene rings is 2. The fourth-order valence-electron chi connectivity index (χ4n) is 1.80. The summed E-state index contributed by atoms with van der Waals surface area (Å²) in [5.41, 5.74) is 0.712. The number of rotatable bonds is 7. The van der Waals surface area contributed by atoms with E-state index in [1.54, 1.807) is 36.0 Å². The lowest BCUT2D eigenvalue weighted by Crippen LogP contribution is -2.20. The maximum Gasteiger partial charge on any atom is 0.221 e. The van der Waals surface area contributed by atoms with E-state index in [1.807, 2.05) is 24.3 Å². The van der Waals surface area contributed by atoms with Crippen LogP contribution < -0.4 is 10.1 Å². The van der Waals surface area contributed by atoms with Crippen LogP contribution in [0.25, 0.3) is 0 Å². The molecule has 2 aromatic rings. The minimum Gasteiger partial charge on any atom is -0.491 e. The predicted octanol–water partition coefficient (Wildman–Crippen LogP) is 3.83. The summed E-state index contributed by atoms with van der Waals surface area (Å²) in [6.07, 6.45) is -0.578. The van der Waals surface area contributed by atoms with Gasteiger partial charge in [0.2, 0.25) is 5.91 Å². The second kappa shape index (κ2) is 8.82. The van der Waals surface area contributed by atoms with Gasteiger partial charge in [-0.25, -0.2) is 0 Å². The number of hydrogen-bond acceptors (Lipinski definition) is 4. The number of halogens is 1. The summed E-state index contributed by atoms with van der Waals surface area (Å²) >= 11 is 7.37. The van der Waals surface area contributed by atoms with Crippen LogP contribution in [-0.2, 0) is 4.79 Å². The van der Waals surface area contributed by atoms with E-state index in [0.717, 1.165) is 4.90 Å². The van der Waals surface area contributed by atoms with E-state index in [4.69, 9.17) is 16.3 Å². The molecule has 0 saturated heterocycles. The molecule has 2 N–H and O–H groups in total. The number of ether oxygens (including phenoxy) is 1. The Hall–Kier alpha value is -1.69. The number of thioether (sulfide) groups is 1. The Morgan fingerprint density at radius 3 is 2.48 bits per heavy atom. The van der Waals surface area contributed by atoms with Crippen LogP contribution in [0, 0.1) is 0 Å². The molecule has 2 aromatic carbocycles. The second-order valence-corrected chi connectivity index (χ2v) is 6.47. The van der Waals surface area contributed by atoms with Crippen molar-refractivity contribution in [2.75, 3.05) is 17.7 Å². The molecule has 0 aromatic heterocycles. The molecule has 0 heterocycles. The third-order valence-electron chi connectivity index (χ3n) is 2.87. The average molecular weight is 352 g/mol. The first-order valence-electron chi connectivity index (χ1n) is 7.10. The largest absolute Gasteiger partial charge is 0.491 e. The Labute approximate surface area is 144 Å². The van der Waals surface area contributed by atoms with E-state index in [2.05, 4.69) is 5.32 Å². The molecule has 0 saturated carbocycles. The summed E-state index contributed by atoms with van der Waals surface area (Å²) in [6, 6.07) is 14.5. The number of aliphatic hydroxyl groups is 1. The standard InChI is InChI=1S/C17H18ClNO3S/c1-12(20)19-14-4-6-16(7-5-14)22-10-15(21)11-23-17-8-2-13(18)3-9-17/h2-9,15,21H,10-11H2,1H3,(H,19,20). The number of nitrogens with one attached hydrogen (secondary N) is 1. The van der Waals surface area contributed by atoms with Crippen molar-refractivity contribution in [2.45, 2.75) is 17.9 Å². The van der Waals surface area contributed by atoms with Crippen LogP contribution in [0.4, 0.5) is 5.69 Å². The molecule has 0 aliphatic heterocycles. The van der Waals surface area contributed by atoms with Gasteiger partial charge in [0.05, 0.1) is 6.10 Å². The maximum atomic E-state index is 10.9. The highest BCUT2D eigenvalue weighted by atomic mass is 35.5. The van der Waals surface area contributed by atoms with Crippen molar-refractivity contribution in [3.63, 3.8) is 0 Å². The first kappa shape index (κ1) is 17.7. The average Bonchev–Trinajstić information content (AvgIpc) is 2.53. The minimum atomic E-state index is -0.578. The van der Waals surface area contributed by atoms with Gasteiger partial charge in [0.25, 0.3) is 0 Å². The predicted molar refractivity (Wildman–Crippen MR) is 94.4 cm³/mol. The molecule has 1 unspecified atom stereocenters. The number of amides is 1. The SMILES string of the molecule is CC(=O)Nc1ccc(OCC(O)CSc2ccc(Cl)cc2)cc1. The second-order valence-electron chi connectivity index (χ2n) is 4.94. The maximum absolute atomic E-state index is 10.9. The third kappa shape index (κ3) is 6.52. The van der Waals surface area contributed by atoms with E-state index in [-0.39, 0.29) is 12.5 Å². The normalized spacial score (nSPS) is 11.8. The first-order valence-corrected chi connectivity index (χ1v) is 8.46. The van der Waals surface area contributed by atoms with Gasteiger partial charge in [-0.2, -0.15) is 0 Å². The van der Waals surface area contributed by atoms with Crippen LogP contribution >= 0.6 is 23.4 Å². The third-order valence-corrected chi connectivity index (χ3v) is 4.28. The zero-order chi connectivity index (χ0) is 16.7. The van der Waals surface area contributed by atoms with Gasteiger partial charge in [0.15, 0.2) is 0 Å². The molecule has 23 heavy (non-hydrogen) atoms. The molecule has 2 rings (SSSR count). The van der Waals surface area contributed by atoms with Gasteiger partial charge in [0, 0.05) is 28.3 Å². The molecule has 0 bridgehead atoms. The van der Waals surface area contributed by atoms with Crippen molar-refractivity contribution >= 4 is 35.0 Å². The van der Waals surface area contributed by atoms with Crippen molar-refractivity contribution in [1.29, 1.82) is 0 Å². The van der Waals surface area contributed by atoms with Gasteiger partial charge in [-0.1, -0.05) is 11.6 Å².